The van der Waals surface area contributed by atoms with E-state index < -0.39 is 15.1 Å². The second-order valence-corrected chi connectivity index (χ2v) is 10.7. The Bertz CT molecular complexity index is 1240. The van der Waals surface area contributed by atoms with Crippen LogP contribution < -0.4 is 4.90 Å². The first kappa shape index (κ1) is 21.3. The summed E-state index contributed by atoms with van der Waals surface area (Å²) < 4.78 is 26.9. The van der Waals surface area contributed by atoms with E-state index in [4.69, 9.17) is 4.98 Å². The van der Waals surface area contributed by atoms with Crippen molar-refractivity contribution >= 4 is 26.7 Å². The highest BCUT2D eigenvalue weighted by Crippen LogP contribution is 2.36. The van der Waals surface area contributed by atoms with E-state index in [-0.39, 0.29) is 10.6 Å². The number of hydrogen-bond donors (Lipinski definition) is 0. The summed E-state index contributed by atoms with van der Waals surface area (Å²) in [4.78, 5) is 11.7. The summed E-state index contributed by atoms with van der Waals surface area (Å²) in [5, 5.41) is 8.58. The third kappa shape index (κ3) is 4.13. The van der Waals surface area contributed by atoms with Gasteiger partial charge in [0.15, 0.2) is 11.1 Å². The topological polar surface area (TPSA) is 86.9 Å². The largest absolute Gasteiger partial charge is 0.354 e. The SMILES string of the molecule is Cc1ccc(S(=O)(=O)C(C#N)c2nc3ccccc3nc2N2CC(C)CC(C)C2)cc1. The maximum Gasteiger partial charge on any atom is 0.200 e. The van der Waals surface area contributed by atoms with Crippen molar-refractivity contribution in [3.05, 3.63) is 59.8 Å². The first-order valence-electron chi connectivity index (χ1n) is 10.5. The number of nitrogens with zero attached hydrogens (tertiary/aromatic N) is 4. The quantitative estimate of drug-likeness (QED) is 0.602. The predicted molar refractivity (Wildman–Crippen MR) is 121 cm³/mol. The molecule has 1 aromatic heterocycles. The van der Waals surface area contributed by atoms with E-state index in [9.17, 15) is 13.7 Å². The fourth-order valence-electron chi connectivity index (χ4n) is 4.39. The molecule has 1 aliphatic rings. The van der Waals surface area contributed by atoms with Gasteiger partial charge in [0.05, 0.1) is 22.0 Å². The maximum atomic E-state index is 13.5. The fraction of sp³-hybridized carbons (Fsp3) is 0.375. The van der Waals surface area contributed by atoms with Crippen LogP contribution in [0.3, 0.4) is 0 Å². The highest BCUT2D eigenvalue weighted by molar-refractivity contribution is 7.92. The summed E-state index contributed by atoms with van der Waals surface area (Å²) in [7, 11) is -3.97. The third-order valence-corrected chi connectivity index (χ3v) is 7.65. The Morgan fingerprint density at radius 2 is 1.58 bits per heavy atom. The van der Waals surface area contributed by atoms with Crippen molar-refractivity contribution in [1.29, 1.82) is 5.26 Å². The molecule has 2 heterocycles. The molecule has 6 nitrogen and oxygen atoms in total. The molecule has 3 aromatic rings. The fourth-order valence-corrected chi connectivity index (χ4v) is 5.77. The molecule has 0 amide bonds. The molecular formula is C24H26N4O2S. The van der Waals surface area contributed by atoms with Crippen LogP contribution in [0, 0.1) is 30.1 Å². The van der Waals surface area contributed by atoms with E-state index >= 15 is 0 Å². The first-order valence-corrected chi connectivity index (χ1v) is 12.1. The molecule has 1 saturated heterocycles. The Balaban J connectivity index is 1.90. The Hall–Kier alpha value is -2.98. The summed E-state index contributed by atoms with van der Waals surface area (Å²) in [6.45, 7) is 7.77. The molecule has 0 saturated carbocycles. The first-order chi connectivity index (χ1) is 14.8. The van der Waals surface area contributed by atoms with E-state index in [1.807, 2.05) is 31.2 Å². The number of fused-ring (bicyclic) bond motifs is 1. The zero-order chi connectivity index (χ0) is 22.2. The average molecular weight is 435 g/mol. The lowest BCUT2D eigenvalue weighted by Gasteiger charge is -2.36. The maximum absolute atomic E-state index is 13.5. The molecule has 0 radical (unpaired) electrons. The van der Waals surface area contributed by atoms with Crippen LogP contribution in [0.1, 0.15) is 36.8 Å². The lowest BCUT2D eigenvalue weighted by atomic mass is 9.92. The van der Waals surface area contributed by atoms with Gasteiger partial charge in [-0.15, -0.1) is 0 Å². The number of aromatic nitrogens is 2. The number of anilines is 1. The van der Waals surface area contributed by atoms with Gasteiger partial charge in [-0.25, -0.2) is 18.4 Å². The molecule has 0 spiro atoms. The van der Waals surface area contributed by atoms with Crippen LogP contribution in [0.25, 0.3) is 11.0 Å². The van der Waals surface area contributed by atoms with Crippen LogP contribution in [0.15, 0.2) is 53.4 Å². The van der Waals surface area contributed by atoms with Gasteiger partial charge in [-0.05, 0) is 49.4 Å². The summed E-state index contributed by atoms with van der Waals surface area (Å²) in [5.74, 6) is 1.39. The van der Waals surface area contributed by atoms with Crippen molar-refractivity contribution in [3.8, 4) is 6.07 Å². The van der Waals surface area contributed by atoms with Crippen LogP contribution in [0.4, 0.5) is 5.82 Å². The standard InChI is InChI=1S/C24H26N4O2S/c1-16-8-10-19(11-9-16)31(29,30)22(13-25)23-24(28-14-17(2)12-18(3)15-28)27-21-7-5-4-6-20(21)26-23/h4-11,17-18,22H,12,14-15H2,1-3H3. The number of nitriles is 1. The van der Waals surface area contributed by atoms with E-state index in [2.05, 4.69) is 23.7 Å². The van der Waals surface area contributed by atoms with Gasteiger partial charge in [0.25, 0.3) is 0 Å². The van der Waals surface area contributed by atoms with Gasteiger partial charge in [0.2, 0.25) is 9.84 Å². The molecule has 31 heavy (non-hydrogen) atoms. The molecule has 1 aliphatic heterocycles. The second kappa shape index (κ2) is 8.27. The van der Waals surface area contributed by atoms with Gasteiger partial charge >= 0.3 is 0 Å². The number of para-hydroxylation sites is 2. The average Bonchev–Trinajstić information content (AvgIpc) is 2.73. The Kier molecular flexibility index (Phi) is 5.67. The van der Waals surface area contributed by atoms with E-state index in [1.165, 1.54) is 0 Å². The van der Waals surface area contributed by atoms with Gasteiger partial charge in [0.1, 0.15) is 5.69 Å². The monoisotopic (exact) mass is 434 g/mol. The van der Waals surface area contributed by atoms with Gasteiger partial charge in [0, 0.05) is 13.1 Å². The lowest BCUT2D eigenvalue weighted by Crippen LogP contribution is -2.40. The normalized spacial score (nSPS) is 20.4. The van der Waals surface area contributed by atoms with Crippen LogP contribution in [0.2, 0.25) is 0 Å². The minimum absolute atomic E-state index is 0.117. The minimum Gasteiger partial charge on any atom is -0.354 e. The van der Waals surface area contributed by atoms with Crippen molar-refractivity contribution < 1.29 is 8.42 Å². The van der Waals surface area contributed by atoms with Crippen molar-refractivity contribution in [2.45, 2.75) is 37.3 Å². The molecule has 7 heteroatoms. The van der Waals surface area contributed by atoms with Gasteiger partial charge in [-0.2, -0.15) is 5.26 Å². The lowest BCUT2D eigenvalue weighted by molar-refractivity contribution is 0.355. The highest BCUT2D eigenvalue weighted by Gasteiger charge is 2.36. The summed E-state index contributed by atoms with van der Waals surface area (Å²) in [6, 6.07) is 16.0. The molecule has 3 atom stereocenters. The van der Waals surface area contributed by atoms with Crippen LogP contribution >= 0.6 is 0 Å². The molecular weight excluding hydrogens is 408 g/mol. The molecule has 4 rings (SSSR count). The molecule has 2 aromatic carbocycles. The summed E-state index contributed by atoms with van der Waals surface area (Å²) in [5.41, 5.74) is 2.44. The zero-order valence-electron chi connectivity index (χ0n) is 18.0. The van der Waals surface area contributed by atoms with Crippen LogP contribution in [0.5, 0.6) is 0 Å². The second-order valence-electron chi connectivity index (χ2n) is 8.64. The van der Waals surface area contributed by atoms with E-state index in [0.717, 1.165) is 25.1 Å². The molecule has 1 fully saturated rings. The molecule has 0 N–H and O–H groups in total. The number of sulfone groups is 1. The van der Waals surface area contributed by atoms with Crippen LogP contribution in [-0.2, 0) is 9.84 Å². The summed E-state index contributed by atoms with van der Waals surface area (Å²) in [6.07, 6.45) is 1.11. The third-order valence-electron chi connectivity index (χ3n) is 5.77. The van der Waals surface area contributed by atoms with Crippen molar-refractivity contribution in [2.24, 2.45) is 11.8 Å². The Morgan fingerprint density at radius 1 is 1.00 bits per heavy atom. The number of hydrogen-bond acceptors (Lipinski definition) is 6. The number of aryl methyl sites for hydroxylation is 1. The van der Waals surface area contributed by atoms with Gasteiger partial charge in [-0.1, -0.05) is 43.7 Å². The molecule has 3 unspecified atom stereocenters. The van der Waals surface area contributed by atoms with E-state index in [1.54, 1.807) is 30.3 Å². The van der Waals surface area contributed by atoms with Crippen molar-refractivity contribution in [3.63, 3.8) is 0 Å². The number of benzene rings is 2. The number of piperidine rings is 1. The molecule has 0 aliphatic carbocycles. The van der Waals surface area contributed by atoms with Crippen molar-refractivity contribution in [1.82, 2.24) is 9.97 Å². The molecule has 0 bridgehead atoms. The molecule has 160 valence electrons. The number of rotatable bonds is 4. The van der Waals surface area contributed by atoms with Crippen molar-refractivity contribution in [2.75, 3.05) is 18.0 Å². The zero-order valence-corrected chi connectivity index (χ0v) is 18.8. The Labute approximate surface area is 183 Å². The minimum atomic E-state index is -3.97. The van der Waals surface area contributed by atoms with Gasteiger partial charge < -0.3 is 4.90 Å². The van der Waals surface area contributed by atoms with Crippen LogP contribution in [-0.4, -0.2) is 31.5 Å². The predicted octanol–water partition coefficient (Wildman–Crippen LogP) is 4.46. The van der Waals surface area contributed by atoms with Gasteiger partial charge in [-0.3, -0.25) is 0 Å². The smallest absolute Gasteiger partial charge is 0.200 e. The summed E-state index contributed by atoms with van der Waals surface area (Å²) >= 11 is 0. The highest BCUT2D eigenvalue weighted by atomic mass is 32.2. The Morgan fingerprint density at radius 3 is 2.16 bits per heavy atom. The van der Waals surface area contributed by atoms with E-state index in [0.29, 0.717) is 28.7 Å².